The second kappa shape index (κ2) is 6.20. The lowest BCUT2D eigenvalue weighted by Gasteiger charge is -2.02. The number of nitrogen functional groups attached to an aromatic ring is 1. The average molecular weight is 386 g/mol. The first-order valence-electron chi connectivity index (χ1n) is 7.74. The van der Waals surface area contributed by atoms with Gasteiger partial charge in [-0.2, -0.15) is 0 Å². The standard InChI is InChI=1S/C19H13Cl2N3O2/c1-24-8-15(23-9-24)10-2-4-13-16(6-10)26-19(17(13)22)18(25)12-5-3-11(20)7-14(12)21/h2-9H,22H2,1H3. The Bertz CT molecular complexity index is 1160. The first-order chi connectivity index (χ1) is 12.4. The van der Waals surface area contributed by atoms with Gasteiger partial charge in [-0.15, -0.1) is 0 Å². The molecular formula is C19H13Cl2N3O2. The monoisotopic (exact) mass is 385 g/mol. The van der Waals surface area contributed by atoms with E-state index in [1.54, 1.807) is 18.5 Å². The van der Waals surface area contributed by atoms with Crippen molar-refractivity contribution in [1.29, 1.82) is 0 Å². The number of carbonyl (C=O) groups excluding carboxylic acids is 1. The highest BCUT2D eigenvalue weighted by molar-refractivity contribution is 6.37. The number of aromatic nitrogens is 2. The van der Waals surface area contributed by atoms with Gasteiger partial charge in [-0.05, 0) is 30.3 Å². The molecule has 2 aromatic heterocycles. The Morgan fingerprint density at radius 2 is 2.00 bits per heavy atom. The number of anilines is 1. The molecule has 7 heteroatoms. The van der Waals surface area contributed by atoms with Crippen molar-refractivity contribution in [2.45, 2.75) is 0 Å². The zero-order valence-corrected chi connectivity index (χ0v) is 15.2. The zero-order valence-electron chi connectivity index (χ0n) is 13.7. The highest BCUT2D eigenvalue weighted by atomic mass is 35.5. The van der Waals surface area contributed by atoms with Gasteiger partial charge in [-0.3, -0.25) is 4.79 Å². The molecule has 0 radical (unpaired) electrons. The maximum atomic E-state index is 12.8. The predicted octanol–water partition coefficient (Wildman–Crippen LogP) is 4.95. The summed E-state index contributed by atoms with van der Waals surface area (Å²) in [4.78, 5) is 17.1. The number of ketones is 1. The second-order valence-electron chi connectivity index (χ2n) is 5.93. The predicted molar refractivity (Wildman–Crippen MR) is 103 cm³/mol. The van der Waals surface area contributed by atoms with Gasteiger partial charge in [0.2, 0.25) is 5.78 Å². The summed E-state index contributed by atoms with van der Waals surface area (Å²) >= 11 is 12.0. The number of carbonyl (C=O) groups is 1. The van der Waals surface area contributed by atoms with E-state index in [0.717, 1.165) is 11.3 Å². The van der Waals surface area contributed by atoms with Crippen molar-refractivity contribution in [3.63, 3.8) is 0 Å². The molecule has 0 spiro atoms. The van der Waals surface area contributed by atoms with Crippen LogP contribution < -0.4 is 5.73 Å². The molecule has 0 atom stereocenters. The number of hydrogen-bond acceptors (Lipinski definition) is 4. The molecule has 0 aliphatic heterocycles. The molecule has 0 saturated carbocycles. The first kappa shape index (κ1) is 16.7. The van der Waals surface area contributed by atoms with Crippen LogP contribution in [-0.2, 0) is 7.05 Å². The fourth-order valence-corrected chi connectivity index (χ4v) is 3.30. The molecule has 0 fully saturated rings. The van der Waals surface area contributed by atoms with Crippen molar-refractivity contribution in [3.05, 3.63) is 70.3 Å². The van der Waals surface area contributed by atoms with E-state index in [4.69, 9.17) is 33.4 Å². The molecule has 2 N–H and O–H groups in total. The Morgan fingerprint density at radius 1 is 1.19 bits per heavy atom. The number of halogens is 2. The number of furan rings is 1. The normalized spacial score (nSPS) is 11.2. The third kappa shape index (κ3) is 2.75. The summed E-state index contributed by atoms with van der Waals surface area (Å²) in [6.07, 6.45) is 3.61. The Labute approximate surface area is 158 Å². The van der Waals surface area contributed by atoms with Gasteiger partial charge in [0.1, 0.15) is 5.58 Å². The smallest absolute Gasteiger partial charge is 0.231 e. The maximum Gasteiger partial charge on any atom is 0.231 e. The molecule has 2 aromatic carbocycles. The SMILES string of the molecule is Cn1cnc(-c2ccc3c(N)c(C(=O)c4ccc(Cl)cc4Cl)oc3c2)c1. The molecule has 4 rings (SSSR count). The molecule has 4 aromatic rings. The van der Waals surface area contributed by atoms with Crippen LogP contribution in [-0.4, -0.2) is 15.3 Å². The molecule has 2 heterocycles. The van der Waals surface area contributed by atoms with Gasteiger partial charge >= 0.3 is 0 Å². The number of hydrogen-bond donors (Lipinski definition) is 1. The van der Waals surface area contributed by atoms with Crippen LogP contribution in [0.25, 0.3) is 22.2 Å². The molecular weight excluding hydrogens is 373 g/mol. The Hall–Kier alpha value is -2.76. The summed E-state index contributed by atoms with van der Waals surface area (Å²) in [5.41, 5.74) is 8.90. The van der Waals surface area contributed by atoms with Gasteiger partial charge in [-0.25, -0.2) is 4.98 Å². The van der Waals surface area contributed by atoms with Crippen molar-refractivity contribution in [3.8, 4) is 11.3 Å². The molecule has 0 amide bonds. The highest BCUT2D eigenvalue weighted by Gasteiger charge is 2.22. The lowest BCUT2D eigenvalue weighted by Crippen LogP contribution is -2.03. The van der Waals surface area contributed by atoms with E-state index in [0.29, 0.717) is 16.0 Å². The van der Waals surface area contributed by atoms with Crippen LogP contribution in [0.4, 0.5) is 5.69 Å². The fraction of sp³-hybridized carbons (Fsp3) is 0.0526. The molecule has 0 saturated heterocycles. The lowest BCUT2D eigenvalue weighted by molar-refractivity contribution is 0.101. The quantitative estimate of drug-likeness (QED) is 0.506. The molecule has 5 nitrogen and oxygen atoms in total. The minimum Gasteiger partial charge on any atom is -0.450 e. The van der Waals surface area contributed by atoms with Gasteiger partial charge in [-0.1, -0.05) is 29.3 Å². The van der Waals surface area contributed by atoms with Gasteiger partial charge in [0.25, 0.3) is 0 Å². The van der Waals surface area contributed by atoms with E-state index < -0.39 is 0 Å². The van der Waals surface area contributed by atoms with Crippen LogP contribution in [0.3, 0.4) is 0 Å². The molecule has 26 heavy (non-hydrogen) atoms. The number of nitrogens with two attached hydrogens (primary N) is 1. The van der Waals surface area contributed by atoms with E-state index >= 15 is 0 Å². The van der Waals surface area contributed by atoms with Gasteiger partial charge in [0.05, 0.1) is 22.7 Å². The summed E-state index contributed by atoms with van der Waals surface area (Å²) in [7, 11) is 1.90. The van der Waals surface area contributed by atoms with Crippen molar-refractivity contribution >= 4 is 45.6 Å². The van der Waals surface area contributed by atoms with E-state index in [1.165, 1.54) is 6.07 Å². The Kier molecular flexibility index (Phi) is 3.98. The molecule has 0 aliphatic carbocycles. The van der Waals surface area contributed by atoms with Crippen LogP contribution in [0.5, 0.6) is 0 Å². The number of nitrogens with zero attached hydrogens (tertiary/aromatic N) is 2. The average Bonchev–Trinajstić information content (AvgIpc) is 3.18. The summed E-state index contributed by atoms with van der Waals surface area (Å²) in [6.45, 7) is 0. The number of benzene rings is 2. The number of imidazole rings is 1. The Balaban J connectivity index is 1.81. The van der Waals surface area contributed by atoms with Crippen LogP contribution in [0.1, 0.15) is 16.1 Å². The van der Waals surface area contributed by atoms with Crippen molar-refractivity contribution in [1.82, 2.24) is 9.55 Å². The number of fused-ring (bicyclic) bond motifs is 1. The topological polar surface area (TPSA) is 74.1 Å². The zero-order chi connectivity index (χ0) is 18.4. The third-order valence-corrected chi connectivity index (χ3v) is 4.66. The third-order valence-electron chi connectivity index (χ3n) is 4.11. The summed E-state index contributed by atoms with van der Waals surface area (Å²) < 4.78 is 7.62. The van der Waals surface area contributed by atoms with Crippen LogP contribution >= 0.6 is 23.2 Å². The molecule has 0 unspecified atom stereocenters. The lowest BCUT2D eigenvalue weighted by atomic mass is 10.1. The minimum absolute atomic E-state index is 0.0578. The largest absolute Gasteiger partial charge is 0.450 e. The van der Waals surface area contributed by atoms with E-state index in [-0.39, 0.29) is 27.8 Å². The molecule has 130 valence electrons. The van der Waals surface area contributed by atoms with Gasteiger partial charge in [0.15, 0.2) is 5.76 Å². The minimum atomic E-state index is -0.389. The maximum absolute atomic E-state index is 12.8. The van der Waals surface area contributed by atoms with Crippen LogP contribution in [0.2, 0.25) is 10.0 Å². The van der Waals surface area contributed by atoms with E-state index in [1.807, 2.05) is 36.0 Å². The summed E-state index contributed by atoms with van der Waals surface area (Å²) in [5.74, 6) is -0.331. The van der Waals surface area contributed by atoms with Crippen LogP contribution in [0.15, 0.2) is 53.3 Å². The van der Waals surface area contributed by atoms with Crippen molar-refractivity contribution < 1.29 is 9.21 Å². The Morgan fingerprint density at radius 3 is 2.69 bits per heavy atom. The van der Waals surface area contributed by atoms with Gasteiger partial charge in [0, 0.05) is 34.8 Å². The van der Waals surface area contributed by atoms with Gasteiger partial charge < -0.3 is 14.7 Å². The second-order valence-corrected chi connectivity index (χ2v) is 6.78. The van der Waals surface area contributed by atoms with E-state index in [9.17, 15) is 4.79 Å². The summed E-state index contributed by atoms with van der Waals surface area (Å²) in [5, 5.41) is 1.36. The number of aryl methyl sites for hydroxylation is 1. The molecule has 0 aliphatic rings. The summed E-state index contributed by atoms with van der Waals surface area (Å²) in [6, 6.07) is 10.2. The highest BCUT2D eigenvalue weighted by Crippen LogP contribution is 2.34. The molecule has 0 bridgehead atoms. The first-order valence-corrected chi connectivity index (χ1v) is 8.50. The van der Waals surface area contributed by atoms with Crippen molar-refractivity contribution in [2.24, 2.45) is 7.05 Å². The fourth-order valence-electron chi connectivity index (χ4n) is 2.80. The van der Waals surface area contributed by atoms with Crippen LogP contribution in [0, 0.1) is 0 Å². The number of rotatable bonds is 3. The van der Waals surface area contributed by atoms with E-state index in [2.05, 4.69) is 4.98 Å². The van der Waals surface area contributed by atoms with Crippen molar-refractivity contribution in [2.75, 3.05) is 5.73 Å².